The molecule has 0 spiro atoms. The molecule has 1 unspecified atom stereocenters. The third-order valence-corrected chi connectivity index (χ3v) is 16.3. The van der Waals surface area contributed by atoms with Crippen molar-refractivity contribution in [1.82, 2.24) is 10.6 Å². The van der Waals surface area contributed by atoms with E-state index in [4.69, 9.17) is 35.4 Å². The van der Waals surface area contributed by atoms with E-state index in [2.05, 4.69) is 17.6 Å². The van der Waals surface area contributed by atoms with Gasteiger partial charge >= 0.3 is 26.9 Å². The second-order valence-corrected chi connectivity index (χ2v) is 19.3. The van der Waals surface area contributed by atoms with E-state index in [9.17, 15) is 0 Å². The Morgan fingerprint density at radius 1 is 0.595 bits per heavy atom. The monoisotopic (exact) mass is 669 g/mol. The minimum Gasteiger partial charge on any atom is -0.397 e. The van der Waals surface area contributed by atoms with E-state index in [1.165, 1.54) is 25.3 Å². The summed E-state index contributed by atoms with van der Waals surface area (Å²) >= 11 is 0. The molecule has 0 aliphatic heterocycles. The lowest BCUT2D eigenvalue weighted by Crippen LogP contribution is -2.50. The summed E-state index contributed by atoms with van der Waals surface area (Å²) < 4.78 is 47.3. The number of nitrogens with one attached hydrogen (secondary N) is 2. The molecular weight excluding hydrogens is 605 g/mol. The lowest BCUT2D eigenvalue weighted by atomic mass is 10.2. The molecule has 3 radical (unpaired) electrons. The second-order valence-electron chi connectivity index (χ2n) is 9.94. The maximum Gasteiger partial charge on any atom is 0.500 e. The van der Waals surface area contributed by atoms with E-state index in [1.54, 1.807) is 14.2 Å². The Hall–Kier alpha value is 0.468. The molecule has 2 N–H and O–H groups in total. The van der Waals surface area contributed by atoms with E-state index in [0.29, 0.717) is 45.2 Å². The summed E-state index contributed by atoms with van der Waals surface area (Å²) in [6, 6.07) is 2.85. The lowest BCUT2D eigenvalue weighted by Gasteiger charge is -2.29. The first-order valence-corrected chi connectivity index (χ1v) is 22.9. The maximum atomic E-state index is 6.04. The fourth-order valence-electron chi connectivity index (χ4n) is 4.92. The number of hydrogen-bond donors (Lipinski definition) is 2. The summed E-state index contributed by atoms with van der Waals surface area (Å²) in [4.78, 5) is 0. The molecule has 0 heterocycles. The zero-order valence-electron chi connectivity index (χ0n) is 28.4. The van der Waals surface area contributed by atoms with Crippen LogP contribution >= 0.6 is 0 Å². The molecule has 10 nitrogen and oxygen atoms in total. The quantitative estimate of drug-likeness (QED) is 0.0567. The lowest BCUT2D eigenvalue weighted by molar-refractivity contribution is 0.0701. The Bertz CT molecular complexity index is 532. The molecule has 14 heteroatoms. The smallest absolute Gasteiger partial charge is 0.397 e. The molecule has 0 bridgehead atoms. The van der Waals surface area contributed by atoms with E-state index < -0.39 is 26.9 Å². The molecule has 0 aromatic carbocycles. The minimum atomic E-state index is -2.62. The maximum absolute atomic E-state index is 6.04. The molecule has 0 fully saturated rings. The van der Waals surface area contributed by atoms with E-state index >= 15 is 0 Å². The van der Waals surface area contributed by atoms with Gasteiger partial charge in [0.25, 0.3) is 0 Å². The largest absolute Gasteiger partial charge is 0.500 e. The second kappa shape index (κ2) is 27.8. The highest BCUT2D eigenvalue weighted by Crippen LogP contribution is 2.21. The van der Waals surface area contributed by atoms with E-state index in [-0.39, 0.29) is 5.79 Å². The molecule has 0 saturated heterocycles. The first-order valence-electron chi connectivity index (χ1n) is 16.3. The van der Waals surface area contributed by atoms with Gasteiger partial charge in [-0.2, -0.15) is 0 Å². The minimum absolute atomic E-state index is 0.269. The summed E-state index contributed by atoms with van der Waals surface area (Å²) in [5.74, 6) is 0.269. The first-order chi connectivity index (χ1) is 20.3. The third-order valence-electron chi connectivity index (χ3n) is 6.67. The van der Waals surface area contributed by atoms with E-state index in [0.717, 1.165) is 54.0 Å². The standard InChI is InChI=1S/C28H65N2O8Si4/c1-10-33-41(34-11-2,35-12-3)25-19-22-29-28(39-24-18-16-17-21-27(7)40(31-8)32-9)30-23-20-26-42(36-13-4,37-14-5)38-15-6/h27-30H,10-26H2,1-9H3. The Morgan fingerprint density at radius 3 is 1.36 bits per heavy atom. The van der Waals surface area contributed by atoms with Crippen LogP contribution < -0.4 is 10.6 Å². The van der Waals surface area contributed by atoms with Gasteiger partial charge in [0.2, 0.25) is 0 Å². The van der Waals surface area contributed by atoms with Crippen molar-refractivity contribution in [2.24, 2.45) is 0 Å². The Morgan fingerprint density at radius 2 is 1.00 bits per heavy atom. The van der Waals surface area contributed by atoms with Gasteiger partial charge < -0.3 is 46.0 Å². The van der Waals surface area contributed by atoms with Gasteiger partial charge in [-0.05, 0) is 73.9 Å². The number of hydrogen-bond acceptors (Lipinski definition) is 10. The first kappa shape index (κ1) is 42.5. The average molecular weight is 670 g/mol. The fourth-order valence-corrected chi connectivity index (χ4v) is 12.9. The Kier molecular flexibility index (Phi) is 28.1. The molecule has 251 valence electrons. The van der Waals surface area contributed by atoms with Crippen molar-refractivity contribution in [1.29, 1.82) is 0 Å². The van der Waals surface area contributed by atoms with Gasteiger partial charge in [0.05, 0.1) is 9.52 Å². The zero-order valence-corrected chi connectivity index (χ0v) is 32.4. The molecule has 0 aliphatic carbocycles. The van der Waals surface area contributed by atoms with E-state index in [1.807, 2.05) is 41.5 Å². The molecule has 0 aromatic heterocycles. The van der Waals surface area contributed by atoms with Crippen molar-refractivity contribution in [3.8, 4) is 0 Å². The van der Waals surface area contributed by atoms with Crippen LogP contribution in [0.2, 0.25) is 23.7 Å². The molecule has 0 amide bonds. The predicted molar refractivity (Wildman–Crippen MR) is 178 cm³/mol. The van der Waals surface area contributed by atoms with Crippen molar-refractivity contribution >= 4 is 36.4 Å². The SMILES string of the molecule is CCO[Si](CCCNC(NCCC[Si](OCC)(OCC)OCC)[Si]CCCCCC(C)[Si](OC)OC)(OCC)OCC. The van der Waals surface area contributed by atoms with Gasteiger partial charge in [0, 0.05) is 77.3 Å². The van der Waals surface area contributed by atoms with Crippen LogP contribution in [0.3, 0.4) is 0 Å². The molecule has 1 atom stereocenters. The van der Waals surface area contributed by atoms with Crippen molar-refractivity contribution < 1.29 is 35.4 Å². The van der Waals surface area contributed by atoms with Crippen molar-refractivity contribution in [3.63, 3.8) is 0 Å². The van der Waals surface area contributed by atoms with Crippen molar-refractivity contribution in [2.45, 2.75) is 116 Å². The molecule has 0 rings (SSSR count). The van der Waals surface area contributed by atoms with Crippen molar-refractivity contribution in [3.05, 3.63) is 0 Å². The highest BCUT2D eigenvalue weighted by molar-refractivity contribution is 6.61. The van der Waals surface area contributed by atoms with Crippen LogP contribution in [0, 0.1) is 0 Å². The summed E-state index contributed by atoms with van der Waals surface area (Å²) in [6.45, 7) is 19.7. The third kappa shape index (κ3) is 19.1. The summed E-state index contributed by atoms with van der Waals surface area (Å²) in [7, 11) is -2.07. The van der Waals surface area contributed by atoms with Crippen molar-refractivity contribution in [2.75, 3.05) is 67.0 Å². The Labute approximate surface area is 265 Å². The van der Waals surface area contributed by atoms with Crippen LogP contribution in [0.4, 0.5) is 0 Å². The summed E-state index contributed by atoms with van der Waals surface area (Å²) in [5.41, 5.74) is 0.505. The average Bonchev–Trinajstić information content (AvgIpc) is 2.96. The topological polar surface area (TPSA) is 97.9 Å². The molecule has 0 aromatic rings. The molecule has 42 heavy (non-hydrogen) atoms. The zero-order chi connectivity index (χ0) is 31.5. The number of rotatable bonds is 32. The number of unbranched alkanes of at least 4 members (excludes halogenated alkanes) is 2. The predicted octanol–water partition coefficient (Wildman–Crippen LogP) is 5.18. The molecule has 0 saturated carbocycles. The highest BCUT2D eigenvalue weighted by Gasteiger charge is 2.40. The fraction of sp³-hybridized carbons (Fsp3) is 1.00. The van der Waals surface area contributed by atoms with Gasteiger partial charge in [-0.15, -0.1) is 0 Å². The Balaban J connectivity index is 4.93. The van der Waals surface area contributed by atoms with Crippen LogP contribution in [0.1, 0.15) is 87.0 Å². The summed E-state index contributed by atoms with van der Waals surface area (Å²) in [6.07, 6.45) is 6.75. The van der Waals surface area contributed by atoms with Gasteiger partial charge in [-0.1, -0.05) is 32.2 Å². The molecule has 0 aliphatic rings. The van der Waals surface area contributed by atoms with Crippen LogP contribution in [0.15, 0.2) is 0 Å². The normalized spacial score (nSPS) is 13.5. The van der Waals surface area contributed by atoms with Gasteiger partial charge in [0.15, 0.2) is 0 Å². The van der Waals surface area contributed by atoms with Gasteiger partial charge in [-0.25, -0.2) is 0 Å². The van der Waals surface area contributed by atoms with Crippen LogP contribution in [-0.2, 0) is 35.4 Å². The summed E-state index contributed by atoms with van der Waals surface area (Å²) in [5, 5.41) is 7.55. The van der Waals surface area contributed by atoms with Gasteiger partial charge in [-0.3, -0.25) is 0 Å². The molecular formula is C28H65N2O8Si4. The van der Waals surface area contributed by atoms with Gasteiger partial charge in [0.1, 0.15) is 0 Å². The van der Waals surface area contributed by atoms with Crippen LogP contribution in [0.5, 0.6) is 0 Å². The highest BCUT2D eigenvalue weighted by atomic mass is 28.4. The van der Waals surface area contributed by atoms with Crippen LogP contribution in [0.25, 0.3) is 0 Å². The van der Waals surface area contributed by atoms with Crippen LogP contribution in [-0.4, -0.2) is 109 Å².